The van der Waals surface area contributed by atoms with E-state index in [2.05, 4.69) is 28.3 Å². The maximum Gasteiger partial charge on any atom is 0.271 e. The van der Waals surface area contributed by atoms with E-state index in [1.807, 2.05) is 0 Å². The average Bonchev–Trinajstić information content (AvgIpc) is 3.05. The Bertz CT molecular complexity index is 1040. The van der Waals surface area contributed by atoms with Crippen LogP contribution >= 0.6 is 0 Å². The molecule has 7 nitrogen and oxygen atoms in total. The van der Waals surface area contributed by atoms with Crippen molar-refractivity contribution in [2.75, 3.05) is 26.7 Å². The number of aromatic nitrogens is 2. The first-order valence-electron chi connectivity index (χ1n) is 10.8. The van der Waals surface area contributed by atoms with E-state index in [4.69, 9.17) is 8.85 Å². The number of non-ortho nitro benzene ring substituents is 1. The Labute approximate surface area is 168 Å². The molecule has 0 atom stereocenters. The second-order valence-corrected chi connectivity index (χ2v) is 6.56. The summed E-state index contributed by atoms with van der Waals surface area (Å²) in [5.74, 6) is 1.07. The summed E-state index contributed by atoms with van der Waals surface area (Å²) in [7, 11) is -2.49. The van der Waals surface area contributed by atoms with Gasteiger partial charge in [0.05, 0.1) is 27.1 Å². The molecule has 0 aliphatic rings. The molecule has 0 saturated carbocycles. The lowest BCUT2D eigenvalue weighted by atomic mass is 10.1. The van der Waals surface area contributed by atoms with Crippen molar-refractivity contribution in [3.8, 4) is 5.75 Å². The van der Waals surface area contributed by atoms with E-state index in [0.29, 0.717) is 18.5 Å². The van der Waals surface area contributed by atoms with Gasteiger partial charge in [-0.2, -0.15) is 0 Å². The largest absolute Gasteiger partial charge is 0.497 e. The fourth-order valence-corrected chi connectivity index (χ4v) is 3.31. The summed E-state index contributed by atoms with van der Waals surface area (Å²) >= 11 is 0. The normalized spacial score (nSPS) is 13.3. The summed E-state index contributed by atoms with van der Waals surface area (Å²) in [6.07, 6.45) is 0.509. The van der Waals surface area contributed by atoms with Gasteiger partial charge in [-0.05, 0) is 36.9 Å². The average molecular weight is 385 g/mol. The van der Waals surface area contributed by atoms with Crippen molar-refractivity contribution in [3.63, 3.8) is 0 Å². The summed E-state index contributed by atoms with van der Waals surface area (Å²) in [5.41, 5.74) is 2.40. The Morgan fingerprint density at radius 3 is 2.61 bits per heavy atom. The Hall–Kier alpha value is -2.93. The van der Waals surface area contributed by atoms with Crippen LogP contribution < -0.4 is 4.74 Å². The van der Waals surface area contributed by atoms with Crippen molar-refractivity contribution < 1.29 is 13.8 Å². The fraction of sp³-hybridized carbons (Fsp3) is 0.381. The van der Waals surface area contributed by atoms with Gasteiger partial charge in [-0.25, -0.2) is 4.98 Å². The number of rotatable bonds is 9. The molecule has 0 bridgehead atoms. The molecule has 0 radical (unpaired) electrons. The van der Waals surface area contributed by atoms with Crippen LogP contribution in [0.2, 0.25) is 0 Å². The number of likely N-dealkylation sites (N-methyl/N-ethyl adjacent to an activating group) is 1. The summed E-state index contributed by atoms with van der Waals surface area (Å²) < 4.78 is 28.6. The minimum Gasteiger partial charge on any atom is -0.497 e. The van der Waals surface area contributed by atoms with E-state index in [1.54, 1.807) is 30.3 Å². The monoisotopic (exact) mass is 385 g/mol. The minimum absolute atomic E-state index is 0.0126. The van der Waals surface area contributed by atoms with Crippen LogP contribution in [0.1, 0.15) is 29.3 Å². The molecule has 0 amide bonds. The van der Waals surface area contributed by atoms with Gasteiger partial charge >= 0.3 is 0 Å². The Kier molecular flexibility index (Phi) is 5.07. The highest BCUT2D eigenvalue weighted by atomic mass is 16.6. The van der Waals surface area contributed by atoms with Crippen LogP contribution in [0.25, 0.3) is 11.0 Å². The molecule has 3 rings (SSSR count). The third-order valence-corrected chi connectivity index (χ3v) is 4.96. The number of hydrogen-bond donors (Lipinski definition) is 0. The van der Waals surface area contributed by atoms with Crippen LogP contribution in [0.15, 0.2) is 42.5 Å². The van der Waals surface area contributed by atoms with E-state index in [9.17, 15) is 10.1 Å². The third-order valence-electron chi connectivity index (χ3n) is 4.96. The molecule has 0 aliphatic carbocycles. The molecule has 7 heteroatoms. The molecule has 28 heavy (non-hydrogen) atoms. The number of hydrogen-bond acceptors (Lipinski definition) is 5. The molecule has 1 heterocycles. The standard InChI is InChI=1S/C21H26N4O3/c1-4-23(5-2)12-13-24-20-11-8-17(25(26)27)15-19(20)22-21(24)14-16-6-9-18(28-3)10-7-16/h6-11,15H,4-5,12-14H2,1-3H3/i3D3. The first-order chi connectivity index (χ1) is 14.7. The van der Waals surface area contributed by atoms with Gasteiger partial charge in [0.2, 0.25) is 0 Å². The van der Waals surface area contributed by atoms with E-state index in [1.165, 1.54) is 12.1 Å². The van der Waals surface area contributed by atoms with Crippen molar-refractivity contribution in [3.05, 3.63) is 64.0 Å². The van der Waals surface area contributed by atoms with Crippen molar-refractivity contribution in [1.29, 1.82) is 0 Å². The summed E-state index contributed by atoms with van der Waals surface area (Å²) in [6, 6.07) is 11.6. The quantitative estimate of drug-likeness (QED) is 0.413. The van der Waals surface area contributed by atoms with Crippen LogP contribution in [-0.2, 0) is 13.0 Å². The second-order valence-electron chi connectivity index (χ2n) is 6.56. The van der Waals surface area contributed by atoms with Crippen LogP contribution in [0.4, 0.5) is 5.69 Å². The highest BCUT2D eigenvalue weighted by Crippen LogP contribution is 2.24. The molecular formula is C21H26N4O3. The molecule has 0 unspecified atom stereocenters. The van der Waals surface area contributed by atoms with Gasteiger partial charge in [0, 0.05) is 31.6 Å². The van der Waals surface area contributed by atoms with Crippen molar-refractivity contribution >= 4 is 16.7 Å². The Morgan fingerprint density at radius 2 is 1.96 bits per heavy atom. The lowest BCUT2D eigenvalue weighted by molar-refractivity contribution is -0.384. The first kappa shape index (κ1) is 16.1. The summed E-state index contributed by atoms with van der Waals surface area (Å²) in [6.45, 7) is 7.66. The topological polar surface area (TPSA) is 73.4 Å². The molecule has 0 N–H and O–H groups in total. The Morgan fingerprint density at radius 1 is 1.21 bits per heavy atom. The zero-order valence-electron chi connectivity index (χ0n) is 19.1. The number of nitro groups is 1. The van der Waals surface area contributed by atoms with Crippen molar-refractivity contribution in [1.82, 2.24) is 14.5 Å². The zero-order valence-corrected chi connectivity index (χ0v) is 16.1. The van der Waals surface area contributed by atoms with Gasteiger partial charge in [0.15, 0.2) is 0 Å². The fourth-order valence-electron chi connectivity index (χ4n) is 3.31. The van der Waals surface area contributed by atoms with E-state index < -0.39 is 12.0 Å². The highest BCUT2D eigenvalue weighted by Gasteiger charge is 2.15. The molecule has 148 valence electrons. The molecule has 0 aliphatic heterocycles. The number of methoxy groups -OCH3 is 1. The van der Waals surface area contributed by atoms with Gasteiger partial charge in [0.25, 0.3) is 5.69 Å². The zero-order chi connectivity index (χ0) is 22.6. The Balaban J connectivity index is 1.91. The van der Waals surface area contributed by atoms with Crippen LogP contribution in [-0.4, -0.2) is 46.0 Å². The van der Waals surface area contributed by atoms with Crippen LogP contribution in [0.3, 0.4) is 0 Å². The molecule has 0 saturated heterocycles. The number of ether oxygens (including phenoxy) is 1. The summed E-state index contributed by atoms with van der Waals surface area (Å²) in [5, 5.41) is 11.2. The predicted octanol–water partition coefficient (Wildman–Crippen LogP) is 3.89. The molecule has 0 spiro atoms. The van der Waals surface area contributed by atoms with E-state index >= 15 is 0 Å². The van der Waals surface area contributed by atoms with Gasteiger partial charge in [-0.3, -0.25) is 10.1 Å². The van der Waals surface area contributed by atoms with Crippen molar-refractivity contribution in [2.24, 2.45) is 0 Å². The maximum atomic E-state index is 11.2. The van der Waals surface area contributed by atoms with Crippen LogP contribution in [0, 0.1) is 10.1 Å². The van der Waals surface area contributed by atoms with Gasteiger partial charge < -0.3 is 14.2 Å². The maximum absolute atomic E-state index is 11.2. The molecule has 1 aromatic heterocycles. The number of fused-ring (bicyclic) bond motifs is 1. The highest BCUT2D eigenvalue weighted by molar-refractivity contribution is 5.78. The predicted molar refractivity (Wildman–Crippen MR) is 110 cm³/mol. The minimum atomic E-state index is -2.49. The van der Waals surface area contributed by atoms with E-state index in [-0.39, 0.29) is 11.4 Å². The smallest absolute Gasteiger partial charge is 0.271 e. The number of nitrogens with zero attached hydrogens (tertiary/aromatic N) is 4. The van der Waals surface area contributed by atoms with Gasteiger partial charge in [-0.15, -0.1) is 0 Å². The third kappa shape index (κ3) is 4.31. The molecule has 3 aromatic rings. The lowest BCUT2D eigenvalue weighted by Crippen LogP contribution is -2.27. The van der Waals surface area contributed by atoms with E-state index in [0.717, 1.165) is 36.5 Å². The van der Waals surface area contributed by atoms with Gasteiger partial charge in [0.1, 0.15) is 11.6 Å². The van der Waals surface area contributed by atoms with Crippen LogP contribution in [0.5, 0.6) is 5.75 Å². The molecular weight excluding hydrogens is 356 g/mol. The second kappa shape index (κ2) is 8.84. The summed E-state index contributed by atoms with van der Waals surface area (Å²) in [4.78, 5) is 17.7. The number of nitro benzene ring substituents is 1. The SMILES string of the molecule is [2H]C([2H])([2H])Oc1ccc(Cc2nc3cc([N+](=O)[O-])ccc3n2CCN(CC)CC)cc1. The molecule has 2 aromatic carbocycles. The number of benzene rings is 2. The molecule has 0 fully saturated rings. The van der Waals surface area contributed by atoms with Gasteiger partial charge in [-0.1, -0.05) is 26.0 Å². The van der Waals surface area contributed by atoms with Crippen molar-refractivity contribution in [2.45, 2.75) is 26.8 Å². The first-order valence-corrected chi connectivity index (χ1v) is 9.34. The number of imidazole rings is 1. The lowest BCUT2D eigenvalue weighted by Gasteiger charge is -2.19.